The van der Waals surface area contributed by atoms with E-state index in [2.05, 4.69) is 10.6 Å². The highest BCUT2D eigenvalue weighted by Crippen LogP contribution is 2.26. The number of halogens is 1. The van der Waals surface area contributed by atoms with Crippen LogP contribution in [0.4, 0.5) is 11.4 Å². The third kappa shape index (κ3) is 5.07. The van der Waals surface area contributed by atoms with Gasteiger partial charge in [-0.1, -0.05) is 24.3 Å². The van der Waals surface area contributed by atoms with E-state index in [4.69, 9.17) is 10.5 Å². The summed E-state index contributed by atoms with van der Waals surface area (Å²) in [7, 11) is 0. The lowest BCUT2D eigenvalue weighted by Crippen LogP contribution is -2.30. The van der Waals surface area contributed by atoms with Crippen molar-refractivity contribution in [2.45, 2.75) is 32.0 Å². The molecule has 1 aliphatic rings. The molecule has 6 nitrogen and oxygen atoms in total. The van der Waals surface area contributed by atoms with Crippen LogP contribution in [-0.2, 0) is 9.53 Å². The van der Waals surface area contributed by atoms with E-state index in [1.165, 1.54) is 0 Å². The van der Waals surface area contributed by atoms with E-state index >= 15 is 0 Å². The molecule has 1 saturated heterocycles. The van der Waals surface area contributed by atoms with Crippen LogP contribution in [0.25, 0.3) is 0 Å². The molecule has 0 saturated carbocycles. The summed E-state index contributed by atoms with van der Waals surface area (Å²) in [6.07, 6.45) is 0.923. The van der Waals surface area contributed by atoms with Crippen LogP contribution in [0.15, 0.2) is 48.5 Å². The van der Waals surface area contributed by atoms with E-state index in [0.717, 1.165) is 12.0 Å². The molecule has 7 heteroatoms. The highest BCUT2D eigenvalue weighted by Gasteiger charge is 2.30. The summed E-state index contributed by atoms with van der Waals surface area (Å²) in [4.78, 5) is 24.8. The summed E-state index contributed by atoms with van der Waals surface area (Å²) in [5, 5.41) is 5.78. The van der Waals surface area contributed by atoms with Crippen LogP contribution in [0.1, 0.15) is 28.8 Å². The van der Waals surface area contributed by atoms with Gasteiger partial charge in [-0.05, 0) is 49.6 Å². The van der Waals surface area contributed by atoms with Crippen molar-refractivity contribution in [2.24, 2.45) is 5.73 Å². The molecule has 2 aromatic rings. The van der Waals surface area contributed by atoms with Gasteiger partial charge in [0.25, 0.3) is 11.8 Å². The van der Waals surface area contributed by atoms with Gasteiger partial charge in [-0.2, -0.15) is 0 Å². The zero-order chi connectivity index (χ0) is 18.5. The van der Waals surface area contributed by atoms with Gasteiger partial charge >= 0.3 is 0 Å². The van der Waals surface area contributed by atoms with Crippen molar-refractivity contribution in [3.05, 3.63) is 59.7 Å². The van der Waals surface area contributed by atoms with Crippen molar-refractivity contribution in [3.8, 4) is 0 Å². The number of anilines is 2. The van der Waals surface area contributed by atoms with E-state index in [0.29, 0.717) is 29.9 Å². The quantitative estimate of drug-likeness (QED) is 0.732. The minimum absolute atomic E-state index is 0. The number of hydrogen-bond acceptors (Lipinski definition) is 4. The first-order valence-corrected chi connectivity index (χ1v) is 8.71. The van der Waals surface area contributed by atoms with Crippen molar-refractivity contribution >= 4 is 35.6 Å². The van der Waals surface area contributed by atoms with Crippen LogP contribution in [0.2, 0.25) is 0 Å². The summed E-state index contributed by atoms with van der Waals surface area (Å²) in [6, 6.07) is 14.4. The Kier molecular flexibility index (Phi) is 7.36. The molecule has 2 atom stereocenters. The Morgan fingerprint density at radius 2 is 1.70 bits per heavy atom. The Bertz CT molecular complexity index is 798. The first-order chi connectivity index (χ1) is 12.6. The molecule has 4 N–H and O–H groups in total. The Morgan fingerprint density at radius 3 is 2.33 bits per heavy atom. The number of amides is 2. The lowest BCUT2D eigenvalue weighted by atomic mass is 10.1. The van der Waals surface area contributed by atoms with E-state index in [9.17, 15) is 9.59 Å². The number of nitrogens with one attached hydrogen (secondary N) is 2. The molecule has 1 fully saturated rings. The molecule has 1 heterocycles. The van der Waals surface area contributed by atoms with Crippen LogP contribution >= 0.6 is 12.4 Å². The fraction of sp³-hybridized carbons (Fsp3) is 0.300. The minimum Gasteiger partial charge on any atom is -0.364 e. The smallest absolute Gasteiger partial charge is 0.255 e. The van der Waals surface area contributed by atoms with Crippen LogP contribution in [0.5, 0.6) is 0 Å². The average Bonchev–Trinajstić information content (AvgIpc) is 3.15. The van der Waals surface area contributed by atoms with E-state index in [1.807, 2.05) is 31.2 Å². The summed E-state index contributed by atoms with van der Waals surface area (Å²) in [5.41, 5.74) is 8.27. The Labute approximate surface area is 164 Å². The third-order valence-electron chi connectivity index (χ3n) is 4.54. The Balaban J connectivity index is 0.00000261. The fourth-order valence-electron chi connectivity index (χ4n) is 2.98. The molecule has 0 unspecified atom stereocenters. The molecule has 0 bridgehead atoms. The molecule has 3 rings (SSSR count). The molecule has 1 aliphatic heterocycles. The molecule has 27 heavy (non-hydrogen) atoms. The van der Waals surface area contributed by atoms with E-state index in [-0.39, 0.29) is 30.3 Å². The van der Waals surface area contributed by atoms with E-state index in [1.54, 1.807) is 24.3 Å². The molecule has 144 valence electrons. The lowest BCUT2D eigenvalue weighted by molar-refractivity contribution is -0.126. The molecule has 2 amide bonds. The summed E-state index contributed by atoms with van der Waals surface area (Å²) in [5.74, 6) is -0.377. The Morgan fingerprint density at radius 1 is 1.04 bits per heavy atom. The van der Waals surface area contributed by atoms with Crippen molar-refractivity contribution in [1.29, 1.82) is 0 Å². The number of benzene rings is 2. The summed E-state index contributed by atoms with van der Waals surface area (Å²) >= 11 is 0. The molecular formula is C20H24ClN3O3. The van der Waals surface area contributed by atoms with Crippen LogP contribution in [-0.4, -0.2) is 30.6 Å². The number of rotatable bonds is 5. The molecule has 0 spiro atoms. The first kappa shape index (κ1) is 20.9. The van der Waals surface area contributed by atoms with Crippen LogP contribution in [0.3, 0.4) is 0 Å². The highest BCUT2D eigenvalue weighted by atomic mass is 35.5. The Hall–Kier alpha value is -2.41. The number of nitrogens with two attached hydrogens (primary N) is 1. The summed E-state index contributed by atoms with van der Waals surface area (Å²) < 4.78 is 5.63. The maximum Gasteiger partial charge on any atom is 0.255 e. The average molecular weight is 390 g/mol. The number of carbonyl (C=O) groups excluding carboxylic acids is 2. The number of carbonyl (C=O) groups is 2. The largest absolute Gasteiger partial charge is 0.364 e. The maximum absolute atomic E-state index is 12.4. The minimum atomic E-state index is -0.481. The fourth-order valence-corrected chi connectivity index (χ4v) is 2.98. The normalized spacial score (nSPS) is 18.4. The zero-order valence-corrected chi connectivity index (χ0v) is 15.9. The van der Waals surface area contributed by atoms with Crippen LogP contribution in [0, 0.1) is 6.92 Å². The monoisotopic (exact) mass is 389 g/mol. The summed E-state index contributed by atoms with van der Waals surface area (Å²) in [6.45, 7) is 2.28. The molecule has 0 aromatic heterocycles. The zero-order valence-electron chi connectivity index (χ0n) is 15.1. The number of hydrogen-bond donors (Lipinski definition) is 3. The first-order valence-electron chi connectivity index (χ1n) is 8.71. The molecule has 2 aromatic carbocycles. The van der Waals surface area contributed by atoms with Gasteiger partial charge in [0.05, 0.1) is 6.10 Å². The third-order valence-corrected chi connectivity index (χ3v) is 4.54. The molecule has 0 aliphatic carbocycles. The van der Waals surface area contributed by atoms with Gasteiger partial charge in [-0.25, -0.2) is 0 Å². The second kappa shape index (κ2) is 9.50. The van der Waals surface area contributed by atoms with Gasteiger partial charge in [-0.3, -0.25) is 9.59 Å². The van der Waals surface area contributed by atoms with Crippen molar-refractivity contribution < 1.29 is 14.3 Å². The van der Waals surface area contributed by atoms with Crippen LogP contribution < -0.4 is 16.4 Å². The number of ether oxygens (including phenoxy) is 1. The van der Waals surface area contributed by atoms with Gasteiger partial charge in [-0.15, -0.1) is 12.4 Å². The SMILES string of the molecule is Cc1c(NC(=O)c2ccccc2)cccc1NC(=O)[C@@H]1CC[C@H](CN)O1.Cl. The van der Waals surface area contributed by atoms with Gasteiger partial charge in [0.2, 0.25) is 0 Å². The molecular weight excluding hydrogens is 366 g/mol. The molecule has 0 radical (unpaired) electrons. The van der Waals surface area contributed by atoms with Crippen molar-refractivity contribution in [3.63, 3.8) is 0 Å². The highest BCUT2D eigenvalue weighted by molar-refractivity contribution is 6.05. The van der Waals surface area contributed by atoms with Gasteiger partial charge in [0.1, 0.15) is 6.10 Å². The maximum atomic E-state index is 12.4. The van der Waals surface area contributed by atoms with Gasteiger partial charge in [0, 0.05) is 23.5 Å². The van der Waals surface area contributed by atoms with Gasteiger partial charge in [0.15, 0.2) is 0 Å². The predicted octanol–water partition coefficient (Wildman–Crippen LogP) is 3.11. The predicted molar refractivity (Wildman–Crippen MR) is 108 cm³/mol. The second-order valence-electron chi connectivity index (χ2n) is 6.35. The van der Waals surface area contributed by atoms with E-state index < -0.39 is 6.10 Å². The van der Waals surface area contributed by atoms with Crippen molar-refractivity contribution in [2.75, 3.05) is 17.2 Å². The second-order valence-corrected chi connectivity index (χ2v) is 6.35. The lowest BCUT2D eigenvalue weighted by Gasteiger charge is -2.16. The standard InChI is InChI=1S/C20H23N3O3.ClH/c1-13-16(22-19(24)14-6-3-2-4-7-14)8-5-9-17(13)23-20(25)18-11-10-15(12-21)26-18;/h2-9,15,18H,10-12,21H2,1H3,(H,22,24)(H,23,25);1H/t15-,18+;/m1./s1. The topological polar surface area (TPSA) is 93.5 Å². The van der Waals surface area contributed by atoms with Gasteiger partial charge < -0.3 is 21.1 Å². The van der Waals surface area contributed by atoms with Crippen molar-refractivity contribution in [1.82, 2.24) is 0 Å².